The summed E-state index contributed by atoms with van der Waals surface area (Å²) in [5.41, 5.74) is 0. The molecule has 0 unspecified atom stereocenters. The van der Waals surface area contributed by atoms with Crippen LogP contribution < -0.4 is 10.6 Å². The van der Waals surface area contributed by atoms with Gasteiger partial charge in [0, 0.05) is 25.9 Å². The molecule has 0 radical (unpaired) electrons. The molecule has 0 aromatic heterocycles. The van der Waals surface area contributed by atoms with Gasteiger partial charge in [-0.2, -0.15) is 0 Å². The maximum atomic E-state index is 11.6. The van der Waals surface area contributed by atoms with Crippen molar-refractivity contribution in [2.75, 3.05) is 52.7 Å². The summed E-state index contributed by atoms with van der Waals surface area (Å²) in [6.45, 7) is 12.4. The highest BCUT2D eigenvalue weighted by molar-refractivity contribution is 5.76. The van der Waals surface area contributed by atoms with Gasteiger partial charge in [-0.05, 0) is 24.7 Å². The third kappa shape index (κ3) is 21.0. The Labute approximate surface area is 164 Å². The zero-order valence-electron chi connectivity index (χ0n) is 17.7. The molecule has 0 saturated carbocycles. The predicted molar refractivity (Wildman–Crippen MR) is 107 cm³/mol. The summed E-state index contributed by atoms with van der Waals surface area (Å²) in [5, 5.41) is 5.71. The zero-order chi connectivity index (χ0) is 20.3. The van der Waals surface area contributed by atoms with E-state index in [0.717, 1.165) is 19.4 Å². The minimum Gasteiger partial charge on any atom is -0.379 e. The van der Waals surface area contributed by atoms with E-state index in [1.165, 1.54) is 0 Å². The summed E-state index contributed by atoms with van der Waals surface area (Å²) in [4.78, 5) is 23.0. The van der Waals surface area contributed by atoms with Gasteiger partial charge in [-0.15, -0.1) is 0 Å². The average Bonchev–Trinajstić information content (AvgIpc) is 2.58. The minimum atomic E-state index is 0.0357. The Kier molecular flexibility index (Phi) is 17.4. The SMILES string of the molecule is CC(C)CCCNC(=O)CCOCCOCCOCCNC(=O)CC(C)C. The molecule has 0 aromatic carbocycles. The molecule has 0 aliphatic rings. The number of amides is 2. The van der Waals surface area contributed by atoms with E-state index in [4.69, 9.17) is 14.2 Å². The van der Waals surface area contributed by atoms with E-state index in [1.54, 1.807) is 0 Å². The first kappa shape index (κ1) is 25.8. The Bertz CT molecular complexity index is 375. The number of hydrogen-bond acceptors (Lipinski definition) is 5. The van der Waals surface area contributed by atoms with Crippen molar-refractivity contribution in [2.24, 2.45) is 11.8 Å². The van der Waals surface area contributed by atoms with Crippen LogP contribution in [0.4, 0.5) is 0 Å². The Morgan fingerprint density at radius 1 is 0.704 bits per heavy atom. The van der Waals surface area contributed by atoms with Gasteiger partial charge < -0.3 is 24.8 Å². The van der Waals surface area contributed by atoms with Gasteiger partial charge in [0.25, 0.3) is 0 Å². The molecule has 7 heteroatoms. The second kappa shape index (κ2) is 18.2. The van der Waals surface area contributed by atoms with E-state index >= 15 is 0 Å². The lowest BCUT2D eigenvalue weighted by Gasteiger charge is -2.09. The van der Waals surface area contributed by atoms with Gasteiger partial charge >= 0.3 is 0 Å². The van der Waals surface area contributed by atoms with Gasteiger partial charge in [-0.25, -0.2) is 0 Å². The summed E-state index contributed by atoms with van der Waals surface area (Å²) in [6, 6.07) is 0. The molecule has 0 bridgehead atoms. The molecule has 0 aliphatic carbocycles. The quantitative estimate of drug-likeness (QED) is 0.351. The predicted octanol–water partition coefficient (Wildman–Crippen LogP) is 2.14. The second-order valence-corrected chi connectivity index (χ2v) is 7.42. The number of carbonyl (C=O) groups excluding carboxylic acids is 2. The third-order valence-corrected chi connectivity index (χ3v) is 3.66. The first-order valence-electron chi connectivity index (χ1n) is 10.2. The van der Waals surface area contributed by atoms with Crippen molar-refractivity contribution in [2.45, 2.75) is 53.4 Å². The Balaban J connectivity index is 3.22. The fraction of sp³-hybridized carbons (Fsp3) is 0.900. The van der Waals surface area contributed by atoms with Gasteiger partial charge in [0.2, 0.25) is 11.8 Å². The van der Waals surface area contributed by atoms with Crippen LogP contribution in [0.25, 0.3) is 0 Å². The molecular formula is C20H40N2O5. The van der Waals surface area contributed by atoms with Crippen molar-refractivity contribution in [3.05, 3.63) is 0 Å². The number of hydrogen-bond donors (Lipinski definition) is 2. The van der Waals surface area contributed by atoms with Crippen LogP contribution in [0.15, 0.2) is 0 Å². The standard InChI is InChI=1S/C20H40N2O5/c1-17(2)6-5-8-21-19(23)7-10-25-12-14-27-15-13-26-11-9-22-20(24)16-18(3)4/h17-18H,5-16H2,1-4H3,(H,21,23)(H,22,24). The van der Waals surface area contributed by atoms with Crippen molar-refractivity contribution in [1.29, 1.82) is 0 Å². The first-order chi connectivity index (χ1) is 12.9. The second-order valence-electron chi connectivity index (χ2n) is 7.42. The van der Waals surface area contributed by atoms with Crippen molar-refractivity contribution in [1.82, 2.24) is 10.6 Å². The van der Waals surface area contributed by atoms with Gasteiger partial charge in [-0.3, -0.25) is 9.59 Å². The van der Waals surface area contributed by atoms with Gasteiger partial charge in [0.05, 0.1) is 39.6 Å². The molecule has 0 aromatic rings. The molecule has 0 spiro atoms. The highest BCUT2D eigenvalue weighted by Crippen LogP contribution is 2.01. The van der Waals surface area contributed by atoms with Crippen molar-refractivity contribution < 1.29 is 23.8 Å². The monoisotopic (exact) mass is 388 g/mol. The summed E-state index contributed by atoms with van der Waals surface area (Å²) in [5.74, 6) is 1.14. The number of nitrogens with one attached hydrogen (secondary N) is 2. The molecule has 0 fully saturated rings. The molecule has 0 aliphatic heterocycles. The van der Waals surface area contributed by atoms with E-state index in [1.807, 2.05) is 13.8 Å². The van der Waals surface area contributed by atoms with Crippen LogP contribution in [0.1, 0.15) is 53.4 Å². The normalized spacial score (nSPS) is 11.2. The molecule has 0 atom stereocenters. The lowest BCUT2D eigenvalue weighted by Crippen LogP contribution is -2.28. The van der Waals surface area contributed by atoms with Crippen LogP contribution in [-0.4, -0.2) is 64.5 Å². The van der Waals surface area contributed by atoms with E-state index in [0.29, 0.717) is 70.9 Å². The summed E-state index contributed by atoms with van der Waals surface area (Å²) < 4.78 is 16.1. The Morgan fingerprint density at radius 2 is 1.26 bits per heavy atom. The van der Waals surface area contributed by atoms with Crippen LogP contribution in [0.5, 0.6) is 0 Å². The minimum absolute atomic E-state index is 0.0357. The molecule has 0 heterocycles. The molecular weight excluding hydrogens is 348 g/mol. The fourth-order valence-electron chi connectivity index (χ4n) is 2.24. The lowest BCUT2D eigenvalue weighted by atomic mass is 10.1. The molecule has 2 amide bonds. The number of ether oxygens (including phenoxy) is 3. The molecule has 0 saturated heterocycles. The van der Waals surface area contributed by atoms with E-state index in [-0.39, 0.29) is 11.8 Å². The molecule has 7 nitrogen and oxygen atoms in total. The van der Waals surface area contributed by atoms with Crippen molar-refractivity contribution in [3.8, 4) is 0 Å². The van der Waals surface area contributed by atoms with Crippen molar-refractivity contribution >= 4 is 11.8 Å². The number of rotatable bonds is 18. The summed E-state index contributed by atoms with van der Waals surface area (Å²) in [7, 11) is 0. The Morgan fingerprint density at radius 3 is 1.85 bits per heavy atom. The van der Waals surface area contributed by atoms with Crippen LogP contribution in [0.3, 0.4) is 0 Å². The smallest absolute Gasteiger partial charge is 0.222 e. The van der Waals surface area contributed by atoms with Gasteiger partial charge in [-0.1, -0.05) is 27.7 Å². The van der Waals surface area contributed by atoms with Gasteiger partial charge in [0.15, 0.2) is 0 Å². The third-order valence-electron chi connectivity index (χ3n) is 3.66. The molecule has 27 heavy (non-hydrogen) atoms. The zero-order valence-corrected chi connectivity index (χ0v) is 17.7. The van der Waals surface area contributed by atoms with E-state index in [9.17, 15) is 9.59 Å². The van der Waals surface area contributed by atoms with Crippen LogP contribution >= 0.6 is 0 Å². The number of carbonyl (C=O) groups is 2. The van der Waals surface area contributed by atoms with E-state index < -0.39 is 0 Å². The highest BCUT2D eigenvalue weighted by Gasteiger charge is 2.03. The summed E-state index contributed by atoms with van der Waals surface area (Å²) in [6.07, 6.45) is 3.07. The van der Waals surface area contributed by atoms with Crippen LogP contribution in [0.2, 0.25) is 0 Å². The Hall–Kier alpha value is -1.18. The average molecular weight is 389 g/mol. The molecule has 0 rings (SSSR count). The maximum absolute atomic E-state index is 11.6. The van der Waals surface area contributed by atoms with Crippen LogP contribution in [-0.2, 0) is 23.8 Å². The van der Waals surface area contributed by atoms with Gasteiger partial charge in [0.1, 0.15) is 0 Å². The van der Waals surface area contributed by atoms with Crippen LogP contribution in [0, 0.1) is 11.8 Å². The summed E-state index contributed by atoms with van der Waals surface area (Å²) >= 11 is 0. The molecule has 160 valence electrons. The molecule has 2 N–H and O–H groups in total. The lowest BCUT2D eigenvalue weighted by molar-refractivity contribution is -0.123. The largest absolute Gasteiger partial charge is 0.379 e. The van der Waals surface area contributed by atoms with E-state index in [2.05, 4.69) is 24.5 Å². The first-order valence-corrected chi connectivity index (χ1v) is 10.2. The topological polar surface area (TPSA) is 85.9 Å². The van der Waals surface area contributed by atoms with Crippen molar-refractivity contribution in [3.63, 3.8) is 0 Å². The highest BCUT2D eigenvalue weighted by atomic mass is 16.5. The maximum Gasteiger partial charge on any atom is 0.222 e. The fourth-order valence-corrected chi connectivity index (χ4v) is 2.24.